The SMILES string of the molecule is O=[N+]([O-])c1ccc(N=Nc2c(S(=O)(=O)[O-])cc3cc(S(=O)(=O)[O-])ccc3c2O)c([N+](=O)[O-])c1.[Na+].[Na+]. The summed E-state index contributed by atoms with van der Waals surface area (Å²) in [4.78, 5) is 18.2. The maximum atomic E-state index is 11.7. The Morgan fingerprint density at radius 3 is 1.94 bits per heavy atom. The van der Waals surface area contributed by atoms with Gasteiger partial charge in [0.1, 0.15) is 25.9 Å². The fraction of sp³-hybridized carbons (Fsp3) is 0. The number of benzene rings is 3. The number of azo groups is 1. The first-order valence-corrected chi connectivity index (χ1v) is 11.1. The summed E-state index contributed by atoms with van der Waals surface area (Å²) in [6.45, 7) is 0. The Kier molecular flexibility index (Phi) is 10.0. The summed E-state index contributed by atoms with van der Waals surface area (Å²) in [5, 5.41) is 38.8. The Balaban J connectivity index is 0.00000306. The minimum Gasteiger partial charge on any atom is -0.744 e. The molecule has 0 aliphatic carbocycles. The monoisotopic (exact) mass is 542 g/mol. The van der Waals surface area contributed by atoms with E-state index in [0.29, 0.717) is 12.1 Å². The van der Waals surface area contributed by atoms with Crippen molar-refractivity contribution in [2.75, 3.05) is 0 Å². The summed E-state index contributed by atoms with van der Waals surface area (Å²) in [5.41, 5.74) is -3.00. The number of hydrogen-bond donors (Lipinski definition) is 1. The average Bonchev–Trinajstić information content (AvgIpc) is 2.70. The predicted molar refractivity (Wildman–Crippen MR) is 105 cm³/mol. The third-order valence-corrected chi connectivity index (χ3v) is 5.89. The minimum absolute atomic E-state index is 0. The van der Waals surface area contributed by atoms with Gasteiger partial charge in [0.15, 0.2) is 11.4 Å². The van der Waals surface area contributed by atoms with Crippen LogP contribution in [0, 0.1) is 20.2 Å². The van der Waals surface area contributed by atoms with E-state index < -0.39 is 68.4 Å². The largest absolute Gasteiger partial charge is 1.00 e. The molecule has 15 nitrogen and oxygen atoms in total. The van der Waals surface area contributed by atoms with Gasteiger partial charge in [0.05, 0.1) is 25.7 Å². The average molecular weight is 542 g/mol. The molecule has 0 saturated heterocycles. The van der Waals surface area contributed by atoms with E-state index >= 15 is 0 Å². The fourth-order valence-electron chi connectivity index (χ4n) is 2.73. The van der Waals surface area contributed by atoms with E-state index in [0.717, 1.165) is 30.3 Å². The summed E-state index contributed by atoms with van der Waals surface area (Å²) >= 11 is 0. The molecule has 0 spiro atoms. The summed E-state index contributed by atoms with van der Waals surface area (Å²) in [6, 6.07) is 5.41. The van der Waals surface area contributed by atoms with Gasteiger partial charge in [-0.1, -0.05) is 0 Å². The van der Waals surface area contributed by atoms with Crippen molar-refractivity contribution in [3.8, 4) is 5.75 Å². The van der Waals surface area contributed by atoms with Gasteiger partial charge < -0.3 is 14.2 Å². The Hall–Kier alpha value is -2.06. The third-order valence-electron chi connectivity index (χ3n) is 4.20. The summed E-state index contributed by atoms with van der Waals surface area (Å²) in [7, 11) is -10.3. The number of phenols is 1. The number of nitro groups is 2. The summed E-state index contributed by atoms with van der Waals surface area (Å²) < 4.78 is 68.7. The van der Waals surface area contributed by atoms with Crippen LogP contribution in [-0.4, -0.2) is 40.9 Å². The molecule has 0 aliphatic heterocycles. The zero-order valence-corrected chi connectivity index (χ0v) is 23.3. The van der Waals surface area contributed by atoms with Crippen LogP contribution in [0.3, 0.4) is 0 Å². The molecule has 19 heteroatoms. The molecule has 0 aliphatic rings. The van der Waals surface area contributed by atoms with Gasteiger partial charge in [-0.15, -0.1) is 10.2 Å². The quantitative estimate of drug-likeness (QED) is 0.106. The van der Waals surface area contributed by atoms with Gasteiger partial charge in [-0.25, -0.2) is 16.8 Å². The number of fused-ring (bicyclic) bond motifs is 1. The zero-order chi connectivity index (χ0) is 24.7. The molecule has 3 aromatic rings. The molecule has 0 bridgehead atoms. The first-order valence-electron chi connectivity index (χ1n) is 8.26. The van der Waals surface area contributed by atoms with E-state index in [1.165, 1.54) is 0 Å². The molecular formula is C16H8N4Na2O11S2. The summed E-state index contributed by atoms with van der Waals surface area (Å²) in [5.74, 6) is -0.954. The molecule has 0 unspecified atom stereocenters. The van der Waals surface area contributed by atoms with Crippen LogP contribution in [0.1, 0.15) is 0 Å². The molecule has 0 heterocycles. The van der Waals surface area contributed by atoms with Gasteiger partial charge in [-0.05, 0) is 35.7 Å². The van der Waals surface area contributed by atoms with E-state index in [1.54, 1.807) is 0 Å². The van der Waals surface area contributed by atoms with Crippen LogP contribution in [0.5, 0.6) is 5.75 Å². The molecule has 0 aromatic heterocycles. The smallest absolute Gasteiger partial charge is 0.744 e. The Labute approximate surface area is 240 Å². The molecule has 1 N–H and O–H groups in total. The van der Waals surface area contributed by atoms with Crippen LogP contribution in [0.15, 0.2) is 62.5 Å². The van der Waals surface area contributed by atoms with Crippen molar-refractivity contribution in [2.24, 2.45) is 10.2 Å². The van der Waals surface area contributed by atoms with Gasteiger partial charge in [-0.3, -0.25) is 20.2 Å². The number of hydrogen-bond acceptors (Lipinski definition) is 13. The van der Waals surface area contributed by atoms with Crippen molar-refractivity contribution in [1.82, 2.24) is 0 Å². The van der Waals surface area contributed by atoms with Crippen molar-refractivity contribution < 1.29 is 100 Å². The van der Waals surface area contributed by atoms with Crippen LogP contribution < -0.4 is 59.1 Å². The number of non-ortho nitro benzene ring substituents is 1. The van der Waals surface area contributed by atoms with Gasteiger partial charge in [-0.2, -0.15) is 0 Å². The van der Waals surface area contributed by atoms with Crippen molar-refractivity contribution in [2.45, 2.75) is 9.79 Å². The van der Waals surface area contributed by atoms with Crippen molar-refractivity contribution >= 4 is 53.8 Å². The number of rotatable bonds is 6. The fourth-order valence-corrected chi connectivity index (χ4v) is 3.88. The van der Waals surface area contributed by atoms with Gasteiger partial charge >= 0.3 is 64.8 Å². The normalized spacial score (nSPS) is 11.6. The number of phenolic OH excluding ortho intramolecular Hbond substituents is 1. The van der Waals surface area contributed by atoms with Crippen molar-refractivity contribution in [3.63, 3.8) is 0 Å². The molecule has 0 fully saturated rings. The molecular weight excluding hydrogens is 534 g/mol. The van der Waals surface area contributed by atoms with Crippen molar-refractivity contribution in [3.05, 3.63) is 62.7 Å². The molecule has 3 rings (SSSR count). The van der Waals surface area contributed by atoms with Crippen LogP contribution in [0.2, 0.25) is 0 Å². The topological polar surface area (TPSA) is 246 Å². The number of nitro benzene ring substituents is 2. The molecule has 0 atom stereocenters. The Bertz CT molecular complexity index is 1590. The van der Waals surface area contributed by atoms with E-state index in [1.807, 2.05) is 0 Å². The minimum atomic E-state index is -5.36. The van der Waals surface area contributed by atoms with E-state index in [4.69, 9.17) is 0 Å². The first-order chi connectivity index (χ1) is 15.2. The first kappa shape index (κ1) is 31.0. The number of aromatic hydroxyl groups is 1. The van der Waals surface area contributed by atoms with E-state index in [-0.39, 0.29) is 69.9 Å². The molecule has 0 saturated carbocycles. The summed E-state index contributed by atoms with van der Waals surface area (Å²) in [6.07, 6.45) is 0. The molecule has 0 amide bonds. The van der Waals surface area contributed by atoms with Crippen molar-refractivity contribution in [1.29, 1.82) is 0 Å². The maximum absolute atomic E-state index is 11.7. The van der Waals surface area contributed by atoms with Gasteiger partial charge in [0, 0.05) is 11.5 Å². The zero-order valence-electron chi connectivity index (χ0n) is 17.7. The molecule has 3 aromatic carbocycles. The van der Waals surface area contributed by atoms with Gasteiger partial charge in [0.25, 0.3) is 5.69 Å². The maximum Gasteiger partial charge on any atom is 1.00 e. The number of nitrogens with zero attached hydrogens (tertiary/aromatic N) is 4. The second kappa shape index (κ2) is 11.3. The molecule has 172 valence electrons. The van der Waals surface area contributed by atoms with Crippen LogP contribution in [0.25, 0.3) is 10.8 Å². The second-order valence-corrected chi connectivity index (χ2v) is 8.98. The Morgan fingerprint density at radius 2 is 1.43 bits per heavy atom. The van der Waals surface area contributed by atoms with Crippen LogP contribution >= 0.6 is 0 Å². The van der Waals surface area contributed by atoms with Crippen LogP contribution in [0.4, 0.5) is 22.7 Å². The standard InChI is InChI=1S/C16H10N4O11S2.2Na/c21-16-11-3-2-10(32(26,27)28)5-8(11)6-14(33(29,30)31)15(16)18-17-12-4-1-9(19(22)23)7-13(12)20(24)25;;/h1-7,21H,(H,26,27,28)(H,29,30,31);;/q;2*+1/p-2. The second-order valence-electron chi connectivity index (χ2n) is 6.25. The Morgan fingerprint density at radius 1 is 0.800 bits per heavy atom. The van der Waals surface area contributed by atoms with E-state index in [2.05, 4.69) is 10.2 Å². The van der Waals surface area contributed by atoms with Crippen LogP contribution in [-0.2, 0) is 20.2 Å². The third kappa shape index (κ3) is 6.79. The van der Waals surface area contributed by atoms with Gasteiger partial charge in [0.2, 0.25) is 0 Å². The molecule has 0 radical (unpaired) electrons. The van der Waals surface area contributed by atoms with E-state index in [9.17, 15) is 51.3 Å². The predicted octanol–water partition coefficient (Wildman–Crippen LogP) is -3.41. The molecule has 35 heavy (non-hydrogen) atoms.